The van der Waals surface area contributed by atoms with Crippen molar-refractivity contribution in [3.63, 3.8) is 0 Å². The highest BCUT2D eigenvalue weighted by Gasteiger charge is 2.35. The molecule has 4 rings (SSSR count). The number of para-hydroxylation sites is 1. The summed E-state index contributed by atoms with van der Waals surface area (Å²) in [6.45, 7) is 2.62. The van der Waals surface area contributed by atoms with Crippen LogP contribution in [-0.2, 0) is 4.79 Å². The molecule has 1 saturated heterocycles. The first kappa shape index (κ1) is 16.2. The number of carbonyl (C=O) groups excluding carboxylic acids is 2. The number of anilines is 1. The van der Waals surface area contributed by atoms with Crippen molar-refractivity contribution >= 4 is 49.8 Å². The molecule has 3 heterocycles. The second-order valence-corrected chi connectivity index (χ2v) is 8.04. The van der Waals surface area contributed by atoms with Crippen LogP contribution in [0, 0.1) is 6.92 Å². The largest absolute Gasteiger partial charge is 0.326 e. The van der Waals surface area contributed by atoms with E-state index in [1.165, 1.54) is 22.7 Å². The zero-order chi connectivity index (χ0) is 17.4. The van der Waals surface area contributed by atoms with Crippen LogP contribution in [0.25, 0.3) is 10.2 Å². The van der Waals surface area contributed by atoms with Crippen LogP contribution < -0.4 is 5.32 Å². The van der Waals surface area contributed by atoms with Crippen molar-refractivity contribution in [1.82, 2.24) is 9.88 Å². The molecule has 1 fully saturated rings. The number of nitrogens with zero attached hydrogens (tertiary/aromatic N) is 2. The number of aryl methyl sites for hydroxylation is 1. The Labute approximate surface area is 153 Å². The lowest BCUT2D eigenvalue weighted by molar-refractivity contribution is -0.119. The van der Waals surface area contributed by atoms with Gasteiger partial charge >= 0.3 is 0 Å². The molecule has 1 N–H and O–H groups in total. The Hall–Kier alpha value is -2.25. The van der Waals surface area contributed by atoms with E-state index in [4.69, 9.17) is 0 Å². The lowest BCUT2D eigenvalue weighted by atomic mass is 10.2. The molecular formula is C18H17N3O2S2. The van der Waals surface area contributed by atoms with Crippen LogP contribution in [0.3, 0.4) is 0 Å². The summed E-state index contributed by atoms with van der Waals surface area (Å²) in [4.78, 5) is 32.2. The molecule has 7 heteroatoms. The highest BCUT2D eigenvalue weighted by molar-refractivity contribution is 7.22. The maximum Gasteiger partial charge on any atom is 0.264 e. The van der Waals surface area contributed by atoms with Gasteiger partial charge in [0, 0.05) is 6.54 Å². The molecule has 25 heavy (non-hydrogen) atoms. The van der Waals surface area contributed by atoms with Gasteiger partial charge in [0.25, 0.3) is 5.91 Å². The van der Waals surface area contributed by atoms with Crippen molar-refractivity contribution in [2.24, 2.45) is 0 Å². The van der Waals surface area contributed by atoms with Crippen LogP contribution in [0.1, 0.15) is 28.1 Å². The molecule has 2 aromatic heterocycles. The van der Waals surface area contributed by atoms with Gasteiger partial charge in [0.1, 0.15) is 6.04 Å². The number of rotatable bonds is 3. The van der Waals surface area contributed by atoms with E-state index in [9.17, 15) is 9.59 Å². The van der Waals surface area contributed by atoms with E-state index in [-0.39, 0.29) is 11.8 Å². The van der Waals surface area contributed by atoms with Crippen molar-refractivity contribution in [1.29, 1.82) is 0 Å². The molecule has 0 radical (unpaired) electrons. The molecule has 0 bridgehead atoms. The third-order valence-electron chi connectivity index (χ3n) is 4.40. The minimum absolute atomic E-state index is 0.0622. The van der Waals surface area contributed by atoms with Crippen molar-refractivity contribution in [3.05, 3.63) is 46.2 Å². The number of thiazole rings is 1. The molecule has 0 aliphatic carbocycles. The van der Waals surface area contributed by atoms with Gasteiger partial charge in [-0.1, -0.05) is 29.5 Å². The smallest absolute Gasteiger partial charge is 0.264 e. The normalized spacial score (nSPS) is 17.2. The summed E-state index contributed by atoms with van der Waals surface area (Å²) < 4.78 is 1.05. The van der Waals surface area contributed by atoms with E-state index in [1.807, 2.05) is 36.6 Å². The average molecular weight is 371 g/mol. The van der Waals surface area contributed by atoms with E-state index >= 15 is 0 Å². The summed E-state index contributed by atoms with van der Waals surface area (Å²) in [5.41, 5.74) is 2.00. The SMILES string of the molecule is Cc1cccc2sc(NC(=O)[C@H]3CCCN3C(=O)c3cccs3)nc12. The van der Waals surface area contributed by atoms with Gasteiger partial charge in [-0.05, 0) is 42.8 Å². The van der Waals surface area contributed by atoms with Gasteiger partial charge in [0.05, 0.1) is 15.1 Å². The first-order valence-corrected chi connectivity index (χ1v) is 9.84. The molecule has 0 saturated carbocycles. The average Bonchev–Trinajstić information content (AvgIpc) is 3.34. The van der Waals surface area contributed by atoms with E-state index in [2.05, 4.69) is 10.3 Å². The van der Waals surface area contributed by atoms with Crippen LogP contribution >= 0.6 is 22.7 Å². The third kappa shape index (κ3) is 3.05. The summed E-state index contributed by atoms with van der Waals surface area (Å²) in [7, 11) is 0. The van der Waals surface area contributed by atoms with E-state index in [1.54, 1.807) is 11.0 Å². The number of hydrogen-bond acceptors (Lipinski definition) is 5. The maximum absolute atomic E-state index is 12.7. The molecule has 0 spiro atoms. The first-order valence-electron chi connectivity index (χ1n) is 8.15. The van der Waals surface area contributed by atoms with Crippen LogP contribution in [0.15, 0.2) is 35.7 Å². The zero-order valence-electron chi connectivity index (χ0n) is 13.7. The van der Waals surface area contributed by atoms with Crippen LogP contribution in [0.5, 0.6) is 0 Å². The van der Waals surface area contributed by atoms with E-state index < -0.39 is 6.04 Å². The van der Waals surface area contributed by atoms with E-state index in [0.29, 0.717) is 23.0 Å². The molecule has 2 amide bonds. The van der Waals surface area contributed by atoms with Crippen molar-refractivity contribution in [3.8, 4) is 0 Å². The Kier molecular flexibility index (Phi) is 4.27. The van der Waals surface area contributed by atoms with Crippen molar-refractivity contribution in [2.75, 3.05) is 11.9 Å². The second-order valence-electron chi connectivity index (χ2n) is 6.06. The monoisotopic (exact) mass is 371 g/mol. The molecule has 128 valence electrons. The van der Waals surface area contributed by atoms with Gasteiger partial charge in [-0.3, -0.25) is 9.59 Å². The molecule has 1 aliphatic heterocycles. The number of amides is 2. The fourth-order valence-electron chi connectivity index (χ4n) is 3.15. The number of aromatic nitrogens is 1. The standard InChI is InChI=1S/C18H17N3O2S2/c1-11-5-2-7-13-15(11)19-18(25-13)20-16(22)12-6-3-9-21(12)17(23)14-8-4-10-24-14/h2,4-5,7-8,10,12H,3,6,9H2,1H3,(H,19,20,22)/t12-/m1/s1. The summed E-state index contributed by atoms with van der Waals surface area (Å²) in [5, 5.41) is 5.37. The highest BCUT2D eigenvalue weighted by atomic mass is 32.1. The number of carbonyl (C=O) groups is 2. The number of hydrogen-bond donors (Lipinski definition) is 1. The first-order chi connectivity index (χ1) is 12.1. The minimum Gasteiger partial charge on any atom is -0.326 e. The number of likely N-dealkylation sites (tertiary alicyclic amines) is 1. The Morgan fingerprint density at radius 1 is 1.28 bits per heavy atom. The number of fused-ring (bicyclic) bond motifs is 1. The second kappa shape index (κ2) is 6.57. The van der Waals surface area contributed by atoms with Gasteiger partial charge in [-0.15, -0.1) is 11.3 Å². The molecule has 1 aromatic carbocycles. The van der Waals surface area contributed by atoms with Crippen LogP contribution in [0.4, 0.5) is 5.13 Å². The summed E-state index contributed by atoms with van der Waals surface area (Å²) in [6, 6.07) is 9.22. The lowest BCUT2D eigenvalue weighted by Crippen LogP contribution is -2.42. The number of nitrogens with one attached hydrogen (secondary N) is 1. The molecule has 0 unspecified atom stereocenters. The molecule has 1 atom stereocenters. The van der Waals surface area contributed by atoms with E-state index in [0.717, 1.165) is 22.2 Å². The fourth-order valence-corrected chi connectivity index (χ4v) is 4.78. The lowest BCUT2D eigenvalue weighted by Gasteiger charge is -2.22. The summed E-state index contributed by atoms with van der Waals surface area (Å²) >= 11 is 2.87. The third-order valence-corrected chi connectivity index (χ3v) is 6.19. The predicted octanol–water partition coefficient (Wildman–Crippen LogP) is 3.91. The fraction of sp³-hybridized carbons (Fsp3) is 0.278. The van der Waals surface area contributed by atoms with Gasteiger partial charge in [0.15, 0.2) is 5.13 Å². The topological polar surface area (TPSA) is 62.3 Å². The minimum atomic E-state index is -0.428. The number of thiophene rings is 1. The highest BCUT2D eigenvalue weighted by Crippen LogP contribution is 2.29. The molecule has 5 nitrogen and oxygen atoms in total. The Morgan fingerprint density at radius 2 is 2.16 bits per heavy atom. The predicted molar refractivity (Wildman–Crippen MR) is 101 cm³/mol. The van der Waals surface area contributed by atoms with Crippen molar-refractivity contribution in [2.45, 2.75) is 25.8 Å². The molecular weight excluding hydrogens is 354 g/mol. The quantitative estimate of drug-likeness (QED) is 0.759. The summed E-state index contributed by atoms with van der Waals surface area (Å²) in [5.74, 6) is -0.216. The Balaban J connectivity index is 1.53. The Morgan fingerprint density at radius 3 is 2.92 bits per heavy atom. The van der Waals surface area contributed by atoms with Gasteiger partial charge in [-0.2, -0.15) is 0 Å². The Bertz CT molecular complexity index is 933. The van der Waals surface area contributed by atoms with Crippen LogP contribution in [-0.4, -0.2) is 34.3 Å². The summed E-state index contributed by atoms with van der Waals surface area (Å²) in [6.07, 6.45) is 1.53. The van der Waals surface area contributed by atoms with Crippen molar-refractivity contribution < 1.29 is 9.59 Å². The van der Waals surface area contributed by atoms with Crippen LogP contribution in [0.2, 0.25) is 0 Å². The maximum atomic E-state index is 12.7. The molecule has 1 aliphatic rings. The van der Waals surface area contributed by atoms with Gasteiger partial charge < -0.3 is 10.2 Å². The van der Waals surface area contributed by atoms with Gasteiger partial charge in [-0.25, -0.2) is 4.98 Å². The zero-order valence-corrected chi connectivity index (χ0v) is 15.3. The number of benzene rings is 1. The molecule has 3 aromatic rings. The van der Waals surface area contributed by atoms with Gasteiger partial charge in [0.2, 0.25) is 5.91 Å².